The molecule has 2 spiro atoms. The molecule has 3 aliphatic heterocycles. The van der Waals surface area contributed by atoms with E-state index in [1.807, 2.05) is 4.90 Å². The molecule has 5 nitrogen and oxygen atoms in total. The van der Waals surface area contributed by atoms with Crippen LogP contribution in [0, 0.1) is 16.7 Å². The van der Waals surface area contributed by atoms with Crippen LogP contribution in [0.25, 0.3) is 0 Å². The van der Waals surface area contributed by atoms with Crippen LogP contribution in [0.5, 0.6) is 0 Å². The van der Waals surface area contributed by atoms with Gasteiger partial charge in [-0.1, -0.05) is 6.42 Å². The molecule has 0 radical (unpaired) electrons. The van der Waals surface area contributed by atoms with Gasteiger partial charge in [0, 0.05) is 26.2 Å². The van der Waals surface area contributed by atoms with E-state index in [0.29, 0.717) is 12.5 Å². The van der Waals surface area contributed by atoms with Crippen molar-refractivity contribution >= 4 is 11.8 Å². The molecule has 2 unspecified atom stereocenters. The quantitative estimate of drug-likeness (QED) is 0.756. The van der Waals surface area contributed by atoms with Crippen LogP contribution >= 0.6 is 0 Å². The van der Waals surface area contributed by atoms with Crippen LogP contribution < -0.4 is 10.6 Å². The molecule has 4 fully saturated rings. The van der Waals surface area contributed by atoms with E-state index in [9.17, 15) is 9.59 Å². The summed E-state index contributed by atoms with van der Waals surface area (Å²) >= 11 is 0. The molecule has 4 aliphatic rings. The Kier molecular flexibility index (Phi) is 3.44. The highest BCUT2D eigenvalue weighted by molar-refractivity contribution is 5.87. The first-order chi connectivity index (χ1) is 10.7. The van der Waals surface area contributed by atoms with Crippen LogP contribution in [0.1, 0.15) is 44.9 Å². The first kappa shape index (κ1) is 14.5. The fourth-order valence-electron chi connectivity index (χ4n) is 5.20. The van der Waals surface area contributed by atoms with Gasteiger partial charge < -0.3 is 15.5 Å². The number of carbonyl (C=O) groups is 2. The fourth-order valence-corrected chi connectivity index (χ4v) is 5.20. The molecule has 1 aliphatic carbocycles. The molecule has 1 saturated carbocycles. The highest BCUT2D eigenvalue weighted by Crippen LogP contribution is 2.52. The molecule has 4 rings (SSSR count). The van der Waals surface area contributed by atoms with Crippen molar-refractivity contribution in [3.05, 3.63) is 0 Å². The molecule has 0 aromatic rings. The van der Waals surface area contributed by atoms with E-state index in [4.69, 9.17) is 0 Å². The molecule has 122 valence electrons. The Morgan fingerprint density at radius 1 is 1.09 bits per heavy atom. The van der Waals surface area contributed by atoms with Crippen molar-refractivity contribution in [3.8, 4) is 0 Å². The Morgan fingerprint density at radius 2 is 1.95 bits per heavy atom. The lowest BCUT2D eigenvalue weighted by molar-refractivity contribution is -0.150. The van der Waals surface area contributed by atoms with Crippen LogP contribution in [-0.4, -0.2) is 49.4 Å². The average molecular weight is 305 g/mol. The predicted octanol–water partition coefficient (Wildman–Crippen LogP) is 0.895. The minimum atomic E-state index is -0.289. The van der Waals surface area contributed by atoms with E-state index in [2.05, 4.69) is 10.6 Å². The Labute approximate surface area is 132 Å². The first-order valence-electron chi connectivity index (χ1n) is 8.93. The highest BCUT2D eigenvalue weighted by atomic mass is 16.2. The van der Waals surface area contributed by atoms with Crippen molar-refractivity contribution in [2.75, 3.05) is 32.7 Å². The zero-order chi connectivity index (χ0) is 15.2. The number of carbonyl (C=O) groups excluding carboxylic acids is 2. The lowest BCUT2D eigenvalue weighted by Crippen LogP contribution is -2.58. The van der Waals surface area contributed by atoms with Gasteiger partial charge in [0.25, 0.3) is 0 Å². The van der Waals surface area contributed by atoms with E-state index in [-0.39, 0.29) is 22.7 Å². The normalized spacial score (nSPS) is 37.2. The summed E-state index contributed by atoms with van der Waals surface area (Å²) in [7, 11) is 0. The maximum absolute atomic E-state index is 13.2. The van der Waals surface area contributed by atoms with E-state index in [1.54, 1.807) is 0 Å². The minimum Gasteiger partial charge on any atom is -0.356 e. The highest BCUT2D eigenvalue weighted by Gasteiger charge is 2.52. The van der Waals surface area contributed by atoms with Crippen molar-refractivity contribution < 1.29 is 9.59 Å². The monoisotopic (exact) mass is 305 g/mol. The van der Waals surface area contributed by atoms with Gasteiger partial charge in [0.05, 0.1) is 11.3 Å². The van der Waals surface area contributed by atoms with Crippen LogP contribution in [0.4, 0.5) is 0 Å². The second kappa shape index (κ2) is 5.22. The number of piperidine rings is 2. The Hall–Kier alpha value is -1.10. The Bertz CT molecular complexity index is 488. The van der Waals surface area contributed by atoms with E-state index >= 15 is 0 Å². The largest absolute Gasteiger partial charge is 0.356 e. The van der Waals surface area contributed by atoms with E-state index in [0.717, 1.165) is 51.9 Å². The van der Waals surface area contributed by atoms with E-state index < -0.39 is 0 Å². The first-order valence-corrected chi connectivity index (χ1v) is 8.93. The molecule has 5 heteroatoms. The SMILES string of the molecule is O=C(C1CNCCC12CCC2)N1CCCC2(CCNC2=O)C1. The van der Waals surface area contributed by atoms with Crippen LogP contribution in [0.15, 0.2) is 0 Å². The van der Waals surface area contributed by atoms with Crippen molar-refractivity contribution in [2.45, 2.75) is 44.9 Å². The van der Waals surface area contributed by atoms with Gasteiger partial charge in [0.15, 0.2) is 0 Å². The number of nitrogens with one attached hydrogen (secondary N) is 2. The van der Waals surface area contributed by atoms with Gasteiger partial charge >= 0.3 is 0 Å². The molecular formula is C17H27N3O2. The van der Waals surface area contributed by atoms with Crippen molar-refractivity contribution in [3.63, 3.8) is 0 Å². The lowest BCUT2D eigenvalue weighted by Gasteiger charge is -2.52. The molecule has 0 aromatic carbocycles. The van der Waals surface area contributed by atoms with Crippen LogP contribution in [0.2, 0.25) is 0 Å². The lowest BCUT2D eigenvalue weighted by atomic mass is 9.57. The van der Waals surface area contributed by atoms with Gasteiger partial charge in [0.1, 0.15) is 0 Å². The average Bonchev–Trinajstić information content (AvgIpc) is 2.85. The zero-order valence-electron chi connectivity index (χ0n) is 13.3. The Morgan fingerprint density at radius 3 is 2.64 bits per heavy atom. The standard InChI is InChI=1S/C17H27N3O2/c21-14(13-11-18-8-6-16(13)3-1-4-16)20-10-2-5-17(12-20)7-9-19-15(17)22/h13,18H,1-12H2,(H,19,22). The predicted molar refractivity (Wildman–Crippen MR) is 83.1 cm³/mol. The molecule has 2 atom stereocenters. The van der Waals surface area contributed by atoms with Crippen molar-refractivity contribution in [1.82, 2.24) is 15.5 Å². The number of rotatable bonds is 1. The second-order valence-electron chi connectivity index (χ2n) is 7.87. The summed E-state index contributed by atoms with van der Waals surface area (Å²) < 4.78 is 0. The summed E-state index contributed by atoms with van der Waals surface area (Å²) in [5.74, 6) is 0.616. The maximum atomic E-state index is 13.2. The molecule has 2 N–H and O–H groups in total. The number of hydrogen-bond donors (Lipinski definition) is 2. The number of hydrogen-bond acceptors (Lipinski definition) is 3. The summed E-state index contributed by atoms with van der Waals surface area (Å²) in [5.41, 5.74) is -0.0202. The number of likely N-dealkylation sites (tertiary alicyclic amines) is 1. The molecule has 3 saturated heterocycles. The minimum absolute atomic E-state index is 0.134. The third-order valence-corrected chi connectivity index (χ3v) is 6.79. The second-order valence-corrected chi connectivity index (χ2v) is 7.87. The van der Waals surface area contributed by atoms with E-state index in [1.165, 1.54) is 19.3 Å². The van der Waals surface area contributed by atoms with Gasteiger partial charge in [-0.05, 0) is 50.5 Å². The van der Waals surface area contributed by atoms with Crippen molar-refractivity contribution in [2.24, 2.45) is 16.7 Å². The van der Waals surface area contributed by atoms with Gasteiger partial charge in [-0.2, -0.15) is 0 Å². The molecule has 22 heavy (non-hydrogen) atoms. The molecule has 0 aromatic heterocycles. The molecule has 3 heterocycles. The van der Waals surface area contributed by atoms with Gasteiger partial charge in [0.2, 0.25) is 11.8 Å². The summed E-state index contributed by atoms with van der Waals surface area (Å²) in [6.07, 6.45) is 7.64. The fraction of sp³-hybridized carbons (Fsp3) is 0.882. The third kappa shape index (κ3) is 2.08. The summed E-state index contributed by atoms with van der Waals surface area (Å²) in [6, 6.07) is 0. The number of amides is 2. The van der Waals surface area contributed by atoms with Crippen molar-refractivity contribution in [1.29, 1.82) is 0 Å². The topological polar surface area (TPSA) is 61.4 Å². The van der Waals surface area contributed by atoms with Gasteiger partial charge in [-0.3, -0.25) is 9.59 Å². The van der Waals surface area contributed by atoms with Gasteiger partial charge in [-0.25, -0.2) is 0 Å². The van der Waals surface area contributed by atoms with Gasteiger partial charge in [-0.15, -0.1) is 0 Å². The summed E-state index contributed by atoms with van der Waals surface area (Å²) in [6.45, 7) is 4.13. The number of nitrogens with zero attached hydrogens (tertiary/aromatic N) is 1. The van der Waals surface area contributed by atoms with Crippen LogP contribution in [0.3, 0.4) is 0 Å². The summed E-state index contributed by atoms with van der Waals surface area (Å²) in [4.78, 5) is 27.4. The third-order valence-electron chi connectivity index (χ3n) is 6.79. The smallest absolute Gasteiger partial charge is 0.228 e. The zero-order valence-corrected chi connectivity index (χ0v) is 13.3. The summed E-state index contributed by atoms with van der Waals surface area (Å²) in [5, 5.41) is 6.39. The molecule has 2 amide bonds. The molecule has 0 bridgehead atoms. The van der Waals surface area contributed by atoms with Crippen LogP contribution in [-0.2, 0) is 9.59 Å². The maximum Gasteiger partial charge on any atom is 0.228 e. The Balaban J connectivity index is 1.51. The molecular weight excluding hydrogens is 278 g/mol.